The van der Waals surface area contributed by atoms with Crippen LogP contribution in [0.15, 0.2) is 24.3 Å². The van der Waals surface area contributed by atoms with Crippen molar-refractivity contribution < 1.29 is 14.3 Å². The first kappa shape index (κ1) is 19.8. The summed E-state index contributed by atoms with van der Waals surface area (Å²) in [5.41, 5.74) is 0.540. The molecule has 1 aromatic heterocycles. The number of urea groups is 1. The van der Waals surface area contributed by atoms with Gasteiger partial charge in [-0.05, 0) is 38.0 Å². The number of amides is 2. The highest BCUT2D eigenvalue weighted by atomic mass is 35.5. The molecular formula is C20H25ClN2O3S. The van der Waals surface area contributed by atoms with Crippen LogP contribution in [0.5, 0.6) is 11.5 Å². The molecule has 1 aliphatic rings. The van der Waals surface area contributed by atoms with Crippen molar-refractivity contribution in [2.75, 3.05) is 26.1 Å². The Morgan fingerprint density at radius 3 is 2.63 bits per heavy atom. The maximum absolute atomic E-state index is 13.1. The van der Waals surface area contributed by atoms with E-state index in [1.165, 1.54) is 9.75 Å². The van der Waals surface area contributed by atoms with Crippen LogP contribution in [0.4, 0.5) is 10.5 Å². The lowest BCUT2D eigenvalue weighted by Gasteiger charge is -2.30. The number of thiophene rings is 1. The first-order chi connectivity index (χ1) is 13.0. The minimum atomic E-state index is -0.132. The first-order valence-electron chi connectivity index (χ1n) is 9.09. The highest BCUT2D eigenvalue weighted by Gasteiger charge is 2.28. The van der Waals surface area contributed by atoms with Crippen molar-refractivity contribution in [3.63, 3.8) is 0 Å². The molecule has 3 rings (SSSR count). The van der Waals surface area contributed by atoms with Gasteiger partial charge in [-0.25, -0.2) is 4.79 Å². The number of nitrogens with one attached hydrogen (secondary N) is 1. The molecule has 0 saturated carbocycles. The van der Waals surface area contributed by atoms with Crippen molar-refractivity contribution in [1.82, 2.24) is 4.90 Å². The lowest BCUT2D eigenvalue weighted by molar-refractivity contribution is 0.190. The average Bonchev–Trinajstić information content (AvgIpc) is 2.93. The molecule has 2 amide bonds. The number of rotatable bonds is 4. The van der Waals surface area contributed by atoms with Crippen LogP contribution >= 0.6 is 22.9 Å². The Morgan fingerprint density at radius 2 is 1.96 bits per heavy atom. The molecule has 0 aliphatic carbocycles. The van der Waals surface area contributed by atoms with Crippen molar-refractivity contribution in [2.24, 2.45) is 0 Å². The molecular weight excluding hydrogens is 384 g/mol. The maximum Gasteiger partial charge on any atom is 0.322 e. The van der Waals surface area contributed by atoms with Crippen LogP contribution in [0.3, 0.4) is 0 Å². The molecule has 2 aromatic rings. The third-order valence-corrected chi connectivity index (χ3v) is 6.22. The molecule has 1 N–H and O–H groups in total. The van der Waals surface area contributed by atoms with Gasteiger partial charge in [-0.3, -0.25) is 0 Å². The number of ether oxygens (including phenoxy) is 2. The zero-order chi connectivity index (χ0) is 19.4. The summed E-state index contributed by atoms with van der Waals surface area (Å²) < 4.78 is 10.6. The SMILES string of the molecule is COc1cc(OC)c(NC(=O)N2CCCCCC2c2ccc(C)s2)cc1Cl. The van der Waals surface area contributed by atoms with Crippen molar-refractivity contribution in [2.45, 2.75) is 38.6 Å². The highest BCUT2D eigenvalue weighted by molar-refractivity contribution is 7.12. The minimum Gasteiger partial charge on any atom is -0.495 e. The number of benzene rings is 1. The van der Waals surface area contributed by atoms with Crippen LogP contribution in [-0.2, 0) is 0 Å². The number of hydrogen-bond donors (Lipinski definition) is 1. The van der Waals surface area contributed by atoms with Gasteiger partial charge >= 0.3 is 6.03 Å². The fourth-order valence-corrected chi connectivity index (χ4v) is 4.69. The number of aryl methyl sites for hydroxylation is 1. The second-order valence-corrected chi connectivity index (χ2v) is 8.35. The minimum absolute atomic E-state index is 0.103. The Hall–Kier alpha value is -1.92. The van der Waals surface area contributed by atoms with Gasteiger partial charge in [0.2, 0.25) is 0 Å². The molecule has 0 bridgehead atoms. The predicted octanol–water partition coefficient (Wildman–Crippen LogP) is 5.88. The Balaban J connectivity index is 1.85. The van der Waals surface area contributed by atoms with E-state index in [1.54, 1.807) is 37.7 Å². The number of carbonyl (C=O) groups excluding carboxylic acids is 1. The van der Waals surface area contributed by atoms with Gasteiger partial charge in [0.25, 0.3) is 0 Å². The molecule has 1 aliphatic heterocycles. The summed E-state index contributed by atoms with van der Waals surface area (Å²) >= 11 is 8.00. The summed E-state index contributed by atoms with van der Waals surface area (Å²) in [6.45, 7) is 2.83. The quantitative estimate of drug-likeness (QED) is 0.687. The van der Waals surface area contributed by atoms with Crippen LogP contribution < -0.4 is 14.8 Å². The zero-order valence-corrected chi connectivity index (χ0v) is 17.5. The maximum atomic E-state index is 13.1. The van der Waals surface area contributed by atoms with Crippen molar-refractivity contribution in [1.29, 1.82) is 0 Å². The normalized spacial score (nSPS) is 17.3. The molecule has 146 valence electrons. The number of nitrogens with zero attached hydrogens (tertiary/aromatic N) is 1. The number of halogens is 1. The summed E-state index contributed by atoms with van der Waals surface area (Å²) in [5, 5.41) is 3.41. The largest absolute Gasteiger partial charge is 0.495 e. The van der Waals surface area contributed by atoms with Gasteiger partial charge in [0.1, 0.15) is 11.5 Å². The van der Waals surface area contributed by atoms with Crippen LogP contribution in [0.2, 0.25) is 5.02 Å². The van der Waals surface area contributed by atoms with E-state index in [2.05, 4.69) is 24.4 Å². The van der Waals surface area contributed by atoms with E-state index in [1.807, 2.05) is 4.90 Å². The number of methoxy groups -OCH3 is 2. The Bertz CT molecular complexity index is 809. The predicted molar refractivity (Wildman–Crippen MR) is 111 cm³/mol. The monoisotopic (exact) mass is 408 g/mol. The van der Waals surface area contributed by atoms with E-state index in [4.69, 9.17) is 21.1 Å². The molecule has 0 radical (unpaired) electrons. The molecule has 2 heterocycles. The molecule has 1 fully saturated rings. The summed E-state index contributed by atoms with van der Waals surface area (Å²) in [7, 11) is 3.10. The fraction of sp³-hybridized carbons (Fsp3) is 0.450. The molecule has 0 spiro atoms. The Morgan fingerprint density at radius 1 is 1.19 bits per heavy atom. The van der Waals surface area contributed by atoms with Gasteiger partial charge in [0.15, 0.2) is 0 Å². The molecule has 7 heteroatoms. The Kier molecular flexibility index (Phi) is 6.50. The van der Waals surface area contributed by atoms with Gasteiger partial charge in [0.05, 0.1) is 31.0 Å². The van der Waals surface area contributed by atoms with Crippen LogP contribution in [0.25, 0.3) is 0 Å². The number of carbonyl (C=O) groups is 1. The molecule has 1 saturated heterocycles. The van der Waals surface area contributed by atoms with E-state index < -0.39 is 0 Å². The van der Waals surface area contributed by atoms with Crippen LogP contribution in [0, 0.1) is 6.92 Å². The summed E-state index contributed by atoms with van der Waals surface area (Å²) in [5.74, 6) is 1.02. The molecule has 5 nitrogen and oxygen atoms in total. The van der Waals surface area contributed by atoms with E-state index in [0.29, 0.717) is 22.2 Å². The lowest BCUT2D eigenvalue weighted by atomic mass is 10.1. The van der Waals surface area contributed by atoms with E-state index in [-0.39, 0.29) is 12.1 Å². The van der Waals surface area contributed by atoms with Crippen molar-refractivity contribution >= 4 is 34.7 Å². The second-order valence-electron chi connectivity index (χ2n) is 6.62. The molecule has 1 atom stereocenters. The van der Waals surface area contributed by atoms with Gasteiger partial charge in [0, 0.05) is 22.4 Å². The number of anilines is 1. The van der Waals surface area contributed by atoms with Crippen LogP contribution in [0.1, 0.15) is 41.5 Å². The standard InChI is InChI=1S/C20H25ClN2O3S/c1-13-8-9-19(27-13)16-7-5-4-6-10-23(16)20(24)22-15-11-14(21)17(25-2)12-18(15)26-3/h8-9,11-12,16H,4-7,10H2,1-3H3,(H,22,24). The smallest absolute Gasteiger partial charge is 0.322 e. The summed E-state index contributed by atoms with van der Waals surface area (Å²) in [4.78, 5) is 17.6. The number of hydrogen-bond acceptors (Lipinski definition) is 4. The van der Waals surface area contributed by atoms with E-state index >= 15 is 0 Å². The van der Waals surface area contributed by atoms with Gasteiger partial charge in [-0.2, -0.15) is 0 Å². The molecule has 1 unspecified atom stereocenters. The zero-order valence-electron chi connectivity index (χ0n) is 15.9. The highest BCUT2D eigenvalue weighted by Crippen LogP contribution is 2.38. The second kappa shape index (κ2) is 8.85. The number of likely N-dealkylation sites (tertiary alicyclic amines) is 1. The summed E-state index contributed by atoms with van der Waals surface area (Å²) in [6, 6.07) is 7.58. The van der Waals surface area contributed by atoms with Crippen molar-refractivity contribution in [3.8, 4) is 11.5 Å². The van der Waals surface area contributed by atoms with Gasteiger partial charge in [-0.15, -0.1) is 11.3 Å². The lowest BCUT2D eigenvalue weighted by Crippen LogP contribution is -2.37. The third-order valence-electron chi connectivity index (χ3n) is 4.82. The third kappa shape index (κ3) is 4.50. The first-order valence-corrected chi connectivity index (χ1v) is 10.3. The molecule has 1 aromatic carbocycles. The molecule has 27 heavy (non-hydrogen) atoms. The topological polar surface area (TPSA) is 50.8 Å². The van der Waals surface area contributed by atoms with Crippen LogP contribution in [-0.4, -0.2) is 31.7 Å². The van der Waals surface area contributed by atoms with E-state index in [0.717, 1.165) is 32.2 Å². The summed E-state index contributed by atoms with van der Waals surface area (Å²) in [6.07, 6.45) is 4.26. The van der Waals surface area contributed by atoms with Gasteiger partial charge in [-0.1, -0.05) is 24.4 Å². The average molecular weight is 409 g/mol. The fourth-order valence-electron chi connectivity index (χ4n) is 3.42. The van der Waals surface area contributed by atoms with E-state index in [9.17, 15) is 4.79 Å². The Labute approximate surface area is 169 Å². The van der Waals surface area contributed by atoms with Gasteiger partial charge < -0.3 is 19.7 Å². The van der Waals surface area contributed by atoms with Crippen molar-refractivity contribution in [3.05, 3.63) is 39.0 Å².